The van der Waals surface area contributed by atoms with Crippen molar-refractivity contribution in [2.24, 2.45) is 0 Å². The van der Waals surface area contributed by atoms with Crippen molar-refractivity contribution >= 4 is 17.9 Å². The zero-order chi connectivity index (χ0) is 56.4. The molecule has 0 aliphatic carbocycles. The summed E-state index contributed by atoms with van der Waals surface area (Å²) >= 11 is 0. The Hall–Kier alpha value is -3.93. The molecule has 0 heterocycles. The van der Waals surface area contributed by atoms with Crippen molar-refractivity contribution < 1.29 is 28.6 Å². The van der Waals surface area contributed by atoms with E-state index in [2.05, 4.69) is 130 Å². The third-order valence-corrected chi connectivity index (χ3v) is 14.0. The van der Waals surface area contributed by atoms with Crippen molar-refractivity contribution in [2.75, 3.05) is 13.2 Å². The lowest BCUT2D eigenvalue weighted by Crippen LogP contribution is -2.30. The number of esters is 3. The molecule has 0 saturated carbocycles. The van der Waals surface area contributed by atoms with E-state index >= 15 is 0 Å². The Balaban J connectivity index is 4.42. The highest BCUT2D eigenvalue weighted by molar-refractivity contribution is 5.71. The molecule has 0 saturated heterocycles. The van der Waals surface area contributed by atoms with Gasteiger partial charge in [-0.25, -0.2) is 0 Å². The first-order valence-electron chi connectivity index (χ1n) is 32.9. The third-order valence-electron chi connectivity index (χ3n) is 14.0. The Bertz CT molecular complexity index is 1570. The number of hydrogen-bond donors (Lipinski definition) is 0. The number of carbonyl (C=O) groups excluding carboxylic acids is 3. The molecule has 0 aromatic rings. The molecule has 0 fully saturated rings. The number of ether oxygens (including phenoxy) is 3. The van der Waals surface area contributed by atoms with Gasteiger partial charge in [-0.05, 0) is 128 Å². The maximum atomic E-state index is 12.9. The van der Waals surface area contributed by atoms with E-state index in [1.807, 2.05) is 0 Å². The van der Waals surface area contributed by atoms with Crippen LogP contribution in [-0.4, -0.2) is 37.2 Å². The van der Waals surface area contributed by atoms with Gasteiger partial charge >= 0.3 is 17.9 Å². The third kappa shape index (κ3) is 62.9. The molecule has 446 valence electrons. The van der Waals surface area contributed by atoms with Crippen LogP contribution < -0.4 is 0 Å². The van der Waals surface area contributed by atoms with Crippen LogP contribution in [-0.2, 0) is 28.6 Å². The first-order chi connectivity index (χ1) is 38.5. The van der Waals surface area contributed by atoms with Gasteiger partial charge in [0.05, 0.1) is 0 Å². The molecule has 0 amide bonds. The molecular weight excluding hydrogens is 961 g/mol. The van der Waals surface area contributed by atoms with Crippen LogP contribution in [0.2, 0.25) is 0 Å². The van der Waals surface area contributed by atoms with E-state index in [9.17, 15) is 14.4 Å². The maximum absolute atomic E-state index is 12.9. The lowest BCUT2D eigenvalue weighted by Gasteiger charge is -2.18. The van der Waals surface area contributed by atoms with Crippen LogP contribution in [0.15, 0.2) is 109 Å². The molecule has 0 aromatic heterocycles. The molecule has 0 aliphatic rings. The molecule has 0 N–H and O–H groups in total. The zero-order valence-corrected chi connectivity index (χ0v) is 51.2. The monoisotopic (exact) mass is 1080 g/mol. The molecule has 6 nitrogen and oxygen atoms in total. The lowest BCUT2D eigenvalue weighted by molar-refractivity contribution is -0.167. The van der Waals surface area contributed by atoms with Gasteiger partial charge in [-0.3, -0.25) is 14.4 Å². The summed E-state index contributed by atoms with van der Waals surface area (Å²) in [4.78, 5) is 38.4. The van der Waals surface area contributed by atoms with Crippen molar-refractivity contribution in [3.05, 3.63) is 109 Å². The summed E-state index contributed by atoms with van der Waals surface area (Å²) < 4.78 is 16.9. The van der Waals surface area contributed by atoms with Gasteiger partial charge in [0, 0.05) is 19.3 Å². The molecule has 6 heteroatoms. The van der Waals surface area contributed by atoms with E-state index in [4.69, 9.17) is 14.2 Å². The Kier molecular flexibility index (Phi) is 62.3. The van der Waals surface area contributed by atoms with Crippen LogP contribution in [0.3, 0.4) is 0 Å². The number of allylic oxidation sites excluding steroid dienone is 18. The van der Waals surface area contributed by atoms with Crippen LogP contribution >= 0.6 is 0 Å². The Morgan fingerprint density at radius 3 is 0.795 bits per heavy atom. The second-order valence-corrected chi connectivity index (χ2v) is 21.6. The fourth-order valence-electron chi connectivity index (χ4n) is 9.06. The topological polar surface area (TPSA) is 78.9 Å². The van der Waals surface area contributed by atoms with Gasteiger partial charge in [0.15, 0.2) is 6.10 Å². The fourth-order valence-corrected chi connectivity index (χ4v) is 9.06. The summed E-state index contributed by atoms with van der Waals surface area (Å²) in [5, 5.41) is 0. The SMILES string of the molecule is CC/C=C\C/C=C\C/C=C\C/C=C\CCCCCCCCCCC(=O)OC(COC(=O)CCCCCCC/C=C\C/C=C\CCCCCC)COC(=O)CCCCCCCCCC/C=C\C/C=C\C/C=C\CCCCCCC. The Morgan fingerprint density at radius 2 is 0.500 bits per heavy atom. The summed E-state index contributed by atoms with van der Waals surface area (Å²) in [6.07, 6.45) is 89.4. The van der Waals surface area contributed by atoms with Gasteiger partial charge in [0.1, 0.15) is 13.2 Å². The largest absolute Gasteiger partial charge is 0.462 e. The van der Waals surface area contributed by atoms with Gasteiger partial charge in [0.2, 0.25) is 0 Å². The van der Waals surface area contributed by atoms with Crippen LogP contribution in [0.5, 0.6) is 0 Å². The first kappa shape index (κ1) is 74.1. The highest BCUT2D eigenvalue weighted by Crippen LogP contribution is 2.15. The Morgan fingerprint density at radius 1 is 0.269 bits per heavy atom. The minimum Gasteiger partial charge on any atom is -0.462 e. The van der Waals surface area contributed by atoms with E-state index < -0.39 is 6.10 Å². The molecule has 1 atom stereocenters. The normalized spacial score (nSPS) is 12.8. The Labute approximate surface area is 482 Å². The van der Waals surface area contributed by atoms with Crippen molar-refractivity contribution in [3.63, 3.8) is 0 Å². The smallest absolute Gasteiger partial charge is 0.306 e. The number of carbonyl (C=O) groups is 3. The predicted octanol–water partition coefficient (Wildman–Crippen LogP) is 22.6. The van der Waals surface area contributed by atoms with E-state index in [0.717, 1.165) is 135 Å². The molecular formula is C72H122O6. The second kappa shape index (κ2) is 65.6. The van der Waals surface area contributed by atoms with E-state index in [1.54, 1.807) is 0 Å². The molecule has 0 radical (unpaired) electrons. The molecule has 78 heavy (non-hydrogen) atoms. The predicted molar refractivity (Wildman–Crippen MR) is 339 cm³/mol. The summed E-state index contributed by atoms with van der Waals surface area (Å²) in [5.74, 6) is -0.911. The van der Waals surface area contributed by atoms with Crippen LogP contribution in [0, 0.1) is 0 Å². The second-order valence-electron chi connectivity index (χ2n) is 21.6. The zero-order valence-electron chi connectivity index (χ0n) is 51.2. The van der Waals surface area contributed by atoms with Crippen molar-refractivity contribution in [1.29, 1.82) is 0 Å². The van der Waals surface area contributed by atoms with Gasteiger partial charge < -0.3 is 14.2 Å². The first-order valence-corrected chi connectivity index (χ1v) is 32.9. The van der Waals surface area contributed by atoms with Gasteiger partial charge in [0.25, 0.3) is 0 Å². The molecule has 0 bridgehead atoms. The number of hydrogen-bond acceptors (Lipinski definition) is 6. The number of rotatable bonds is 59. The molecule has 0 rings (SSSR count). The average Bonchev–Trinajstić information content (AvgIpc) is 3.44. The summed E-state index contributed by atoms with van der Waals surface area (Å²) in [6.45, 7) is 6.50. The average molecular weight is 1080 g/mol. The van der Waals surface area contributed by atoms with E-state index in [-0.39, 0.29) is 31.1 Å². The molecule has 0 aromatic carbocycles. The minimum atomic E-state index is -0.796. The summed E-state index contributed by atoms with van der Waals surface area (Å²) in [5.41, 5.74) is 0. The maximum Gasteiger partial charge on any atom is 0.306 e. The quantitative estimate of drug-likeness (QED) is 0.0261. The highest BCUT2D eigenvalue weighted by Gasteiger charge is 2.19. The minimum absolute atomic E-state index is 0.0905. The van der Waals surface area contributed by atoms with E-state index in [0.29, 0.717) is 19.3 Å². The van der Waals surface area contributed by atoms with Gasteiger partial charge in [-0.2, -0.15) is 0 Å². The molecule has 0 aliphatic heterocycles. The van der Waals surface area contributed by atoms with Crippen molar-refractivity contribution in [2.45, 2.75) is 316 Å². The van der Waals surface area contributed by atoms with Crippen LogP contribution in [0.25, 0.3) is 0 Å². The summed E-state index contributed by atoms with van der Waals surface area (Å²) in [6, 6.07) is 0. The summed E-state index contributed by atoms with van der Waals surface area (Å²) in [7, 11) is 0. The standard InChI is InChI=1S/C72H122O6/c1-4-7-10-13-16-19-22-25-28-31-33-35-36-38-39-41-44-47-50-53-56-59-62-65-71(74)77-68-69(67-76-70(73)64-61-58-55-52-49-46-43-30-27-24-21-18-15-12-9-6-3)78-72(75)66-63-60-57-54-51-48-45-42-40-37-34-32-29-26-23-20-17-14-11-8-5-2/h8,11,17,20-22,24-26,29-31,33-34,36-38,43,69H,4-7,9-10,12-16,18-19,23,27-28,32,35,39-42,44-68H2,1-3H3/b11-8-,20-17-,24-21-,25-22-,29-26-,33-31-,37-34-,38-36-,43-30-. The van der Waals surface area contributed by atoms with Crippen molar-refractivity contribution in [3.8, 4) is 0 Å². The lowest BCUT2D eigenvalue weighted by atomic mass is 10.1. The van der Waals surface area contributed by atoms with E-state index in [1.165, 1.54) is 135 Å². The molecule has 1 unspecified atom stereocenters. The fraction of sp³-hybridized carbons (Fsp3) is 0.708. The number of unbranched alkanes of at least 4 members (excludes halogenated alkanes) is 30. The van der Waals surface area contributed by atoms with Gasteiger partial charge in [-0.1, -0.05) is 271 Å². The van der Waals surface area contributed by atoms with Gasteiger partial charge in [-0.15, -0.1) is 0 Å². The van der Waals surface area contributed by atoms with Crippen LogP contribution in [0.4, 0.5) is 0 Å². The van der Waals surface area contributed by atoms with Crippen LogP contribution in [0.1, 0.15) is 310 Å². The molecule has 0 spiro atoms. The highest BCUT2D eigenvalue weighted by atomic mass is 16.6. The van der Waals surface area contributed by atoms with Crippen molar-refractivity contribution in [1.82, 2.24) is 0 Å².